The van der Waals surface area contributed by atoms with E-state index in [1.165, 1.54) is 4.57 Å². The number of fused-ring (bicyclic) bond motifs is 1. The van der Waals surface area contributed by atoms with Crippen LogP contribution in [0.4, 0.5) is 4.79 Å². The Hall–Kier alpha value is -2.15. The molecule has 0 unspecified atom stereocenters. The zero-order valence-corrected chi connectivity index (χ0v) is 28.2. The second-order valence-electron chi connectivity index (χ2n) is 13.7. The number of carbonyl (C=O) groups is 2. The summed E-state index contributed by atoms with van der Waals surface area (Å²) in [5.74, 6) is -0.551. The maximum atomic E-state index is 14.3. The van der Waals surface area contributed by atoms with E-state index in [2.05, 4.69) is 48.5 Å². The smallest absolute Gasteiger partial charge is 0.418 e. The molecule has 0 amide bonds. The fraction of sp³-hybridized carbons (Fsp3) is 0.576. The Bertz CT molecular complexity index is 1320. The van der Waals surface area contributed by atoms with E-state index in [9.17, 15) is 9.59 Å². The summed E-state index contributed by atoms with van der Waals surface area (Å²) >= 11 is 7.15. The summed E-state index contributed by atoms with van der Waals surface area (Å²) in [6.45, 7) is 25.4. The molecule has 220 valence electrons. The van der Waals surface area contributed by atoms with Gasteiger partial charge in [0.05, 0.1) is 11.4 Å². The van der Waals surface area contributed by atoms with Crippen LogP contribution in [-0.2, 0) is 14.0 Å². The van der Waals surface area contributed by atoms with Crippen LogP contribution in [0.25, 0.3) is 10.9 Å². The molecule has 2 atom stereocenters. The highest BCUT2D eigenvalue weighted by molar-refractivity contribution is 6.77. The Labute approximate surface area is 247 Å². The summed E-state index contributed by atoms with van der Waals surface area (Å²) < 4.78 is 14.3. The average Bonchev–Trinajstić information content (AvgIpc) is 3.25. The quantitative estimate of drug-likeness (QED) is 0.240. The van der Waals surface area contributed by atoms with Gasteiger partial charge in [-0.05, 0) is 75.0 Å². The van der Waals surface area contributed by atoms with Gasteiger partial charge in [0.1, 0.15) is 5.60 Å². The number of nitrogens with zero attached hydrogens (tertiary/aromatic N) is 1. The highest BCUT2D eigenvalue weighted by Gasteiger charge is 2.51. The summed E-state index contributed by atoms with van der Waals surface area (Å²) in [4.78, 5) is 27.4. The van der Waals surface area contributed by atoms with Crippen LogP contribution in [-0.4, -0.2) is 37.0 Å². The van der Waals surface area contributed by atoms with Crippen LogP contribution in [0.1, 0.15) is 94.6 Å². The van der Waals surface area contributed by atoms with Gasteiger partial charge in [0.2, 0.25) is 0 Å². The number of hydrogen-bond donors (Lipinski definition) is 0. The van der Waals surface area contributed by atoms with Crippen LogP contribution in [0.5, 0.6) is 0 Å². The maximum Gasteiger partial charge on any atom is 0.418 e. The third-order valence-corrected chi connectivity index (χ3v) is 15.1. The number of carbonyl (C=O) groups excluding carboxylic acids is 2. The molecule has 5 nitrogen and oxygen atoms in total. The van der Waals surface area contributed by atoms with Gasteiger partial charge in [-0.25, -0.2) is 4.79 Å². The molecule has 0 radical (unpaired) electrons. The fourth-order valence-corrected chi connectivity index (χ4v) is 12.5. The topological polar surface area (TPSA) is 57.5 Å². The Kier molecular flexibility index (Phi) is 9.40. The van der Waals surface area contributed by atoms with Crippen LogP contribution in [0.3, 0.4) is 0 Å². The highest BCUT2D eigenvalue weighted by Crippen LogP contribution is 2.53. The zero-order chi connectivity index (χ0) is 30.4. The Balaban J connectivity index is 2.22. The number of halogens is 1. The lowest BCUT2D eigenvalue weighted by Gasteiger charge is -2.47. The van der Waals surface area contributed by atoms with Gasteiger partial charge in [-0.15, -0.1) is 0 Å². The van der Waals surface area contributed by atoms with E-state index in [0.29, 0.717) is 39.4 Å². The number of ketones is 1. The van der Waals surface area contributed by atoms with Gasteiger partial charge in [0.15, 0.2) is 14.1 Å². The Morgan fingerprint density at radius 2 is 1.62 bits per heavy atom. The van der Waals surface area contributed by atoms with Crippen molar-refractivity contribution in [2.45, 2.75) is 111 Å². The molecule has 40 heavy (non-hydrogen) atoms. The molecule has 0 N–H and O–H groups in total. The molecule has 1 heterocycles. The fourth-order valence-electron chi connectivity index (χ4n) is 6.66. The van der Waals surface area contributed by atoms with Crippen molar-refractivity contribution in [1.82, 2.24) is 4.57 Å². The second kappa shape index (κ2) is 11.6. The van der Waals surface area contributed by atoms with Crippen LogP contribution < -0.4 is 0 Å². The molecule has 0 fully saturated rings. The lowest BCUT2D eigenvalue weighted by atomic mass is 9.65. The monoisotopic (exact) mass is 585 g/mol. The van der Waals surface area contributed by atoms with Crippen LogP contribution >= 0.6 is 11.6 Å². The lowest BCUT2D eigenvalue weighted by Crippen LogP contribution is -2.51. The number of allylic oxidation sites excluding steroid dienone is 3. The predicted octanol–water partition coefficient (Wildman–Crippen LogP) is 9.75. The third kappa shape index (κ3) is 5.77. The Morgan fingerprint density at radius 1 is 1.05 bits per heavy atom. The molecule has 0 spiro atoms. The average molecular weight is 586 g/mol. The zero-order valence-electron chi connectivity index (χ0n) is 26.4. The lowest BCUT2D eigenvalue weighted by molar-refractivity contribution is -0.119. The van der Waals surface area contributed by atoms with E-state index in [-0.39, 0.29) is 5.78 Å². The number of Topliss-reactive ketones (excluding diaryl/α,β-unsaturated/α-hetero) is 1. The molecular weight excluding hydrogens is 538 g/mol. The molecule has 1 aromatic carbocycles. The second-order valence-corrected chi connectivity index (χ2v) is 19.5. The van der Waals surface area contributed by atoms with Gasteiger partial charge in [0.25, 0.3) is 0 Å². The molecule has 2 aromatic rings. The van der Waals surface area contributed by atoms with Gasteiger partial charge in [-0.2, -0.15) is 0 Å². The molecule has 3 rings (SSSR count). The van der Waals surface area contributed by atoms with Crippen molar-refractivity contribution >= 4 is 42.7 Å². The van der Waals surface area contributed by atoms with Crippen LogP contribution in [0.15, 0.2) is 52.7 Å². The first-order chi connectivity index (χ1) is 18.4. The van der Waals surface area contributed by atoms with Gasteiger partial charge in [0, 0.05) is 34.2 Å². The van der Waals surface area contributed by atoms with Gasteiger partial charge in [-0.3, -0.25) is 9.36 Å². The van der Waals surface area contributed by atoms with E-state index in [1.54, 1.807) is 6.20 Å². The summed E-state index contributed by atoms with van der Waals surface area (Å²) in [5, 5.41) is 1.45. The number of aromatic nitrogens is 1. The Morgan fingerprint density at radius 3 is 2.12 bits per heavy atom. The molecule has 1 aromatic heterocycles. The van der Waals surface area contributed by atoms with Gasteiger partial charge >= 0.3 is 6.09 Å². The van der Waals surface area contributed by atoms with E-state index >= 15 is 0 Å². The molecule has 0 saturated carbocycles. The molecular formula is C33H48ClNO4Si. The summed E-state index contributed by atoms with van der Waals surface area (Å²) in [5.41, 5.74) is 2.88. The SMILES string of the molecule is CC(C)=C1C=C(Cl)[C@@](C)(CO[Si](C(C)C)(C(C)C)C(C)C)[C@@H](c2cccc3c2ccn3C(=O)OC(C)(C)C)C1=O. The molecule has 7 heteroatoms. The van der Waals surface area contributed by atoms with Gasteiger partial charge < -0.3 is 9.16 Å². The van der Waals surface area contributed by atoms with Crippen molar-refractivity contribution in [3.05, 3.63) is 58.3 Å². The van der Waals surface area contributed by atoms with Crippen molar-refractivity contribution in [2.75, 3.05) is 6.61 Å². The van der Waals surface area contributed by atoms with E-state index in [0.717, 1.165) is 16.5 Å². The summed E-state index contributed by atoms with van der Waals surface area (Å²) in [7, 11) is -2.24. The maximum absolute atomic E-state index is 14.3. The van der Waals surface area contributed by atoms with E-state index in [1.807, 2.05) is 65.0 Å². The standard InChI is InChI=1S/C33H48ClNO4Si/c1-20(2)26-18-28(34)33(12,19-38-40(21(3)4,22(5)6)23(7)8)29(30(26)36)25-14-13-15-27-24(25)16-17-35(27)31(37)39-32(9,10)11/h13-18,21-23,29H,19H2,1-12H3/t29-,33+/m0/s1. The van der Waals surface area contributed by atoms with Gasteiger partial charge in [-0.1, -0.05) is 77.8 Å². The largest absolute Gasteiger partial charge is 0.443 e. The molecule has 0 bridgehead atoms. The first-order valence-electron chi connectivity index (χ1n) is 14.4. The predicted molar refractivity (Wildman–Crippen MR) is 169 cm³/mol. The minimum absolute atomic E-state index is 0.0268. The van der Waals surface area contributed by atoms with E-state index < -0.39 is 31.3 Å². The normalized spacial score (nSPS) is 20.6. The van der Waals surface area contributed by atoms with Crippen molar-refractivity contribution in [1.29, 1.82) is 0 Å². The number of hydrogen-bond acceptors (Lipinski definition) is 4. The highest BCUT2D eigenvalue weighted by atomic mass is 35.5. The molecule has 0 aliphatic heterocycles. The van der Waals surface area contributed by atoms with Crippen LogP contribution in [0, 0.1) is 5.41 Å². The molecule has 1 aliphatic carbocycles. The summed E-state index contributed by atoms with van der Waals surface area (Å²) in [6, 6.07) is 7.67. The third-order valence-electron chi connectivity index (χ3n) is 8.52. The molecule has 1 aliphatic rings. The number of rotatable bonds is 7. The summed E-state index contributed by atoms with van der Waals surface area (Å²) in [6.07, 6.45) is 3.11. The van der Waals surface area contributed by atoms with Crippen molar-refractivity contribution in [3.8, 4) is 0 Å². The first kappa shape index (κ1) is 32.4. The minimum Gasteiger partial charge on any atom is -0.443 e. The minimum atomic E-state index is -2.24. The first-order valence-corrected chi connectivity index (χ1v) is 17.0. The van der Waals surface area contributed by atoms with Crippen LogP contribution in [0.2, 0.25) is 16.6 Å². The van der Waals surface area contributed by atoms with Crippen molar-refractivity contribution in [3.63, 3.8) is 0 Å². The van der Waals surface area contributed by atoms with E-state index in [4.69, 9.17) is 20.8 Å². The molecule has 0 saturated heterocycles. The van der Waals surface area contributed by atoms with Crippen molar-refractivity contribution in [2.24, 2.45) is 5.41 Å². The number of benzene rings is 1. The van der Waals surface area contributed by atoms with Crippen molar-refractivity contribution < 1.29 is 18.8 Å². The number of ether oxygens (including phenoxy) is 1.